The van der Waals surface area contributed by atoms with E-state index in [9.17, 15) is 4.79 Å². The number of benzene rings is 1. The standard InChI is InChI=1S/C20H19NO4/c22-19-15-7-8-17-16(11-21(12-24-17)13-4-1-2-5-13)20(15)25-18(19)10-14-6-3-9-23-14/h3,6-10,13H,1-2,4-5,11-12H2/b18-10-. The summed E-state index contributed by atoms with van der Waals surface area (Å²) in [5.74, 6) is 2.26. The number of ketones is 1. The molecular formula is C20H19NO4. The molecule has 5 nitrogen and oxygen atoms in total. The molecule has 0 bridgehead atoms. The molecule has 0 N–H and O–H groups in total. The van der Waals surface area contributed by atoms with Crippen molar-refractivity contribution in [1.82, 2.24) is 4.90 Å². The van der Waals surface area contributed by atoms with Crippen LogP contribution in [-0.2, 0) is 6.54 Å². The van der Waals surface area contributed by atoms with Gasteiger partial charge in [0.2, 0.25) is 5.78 Å². The summed E-state index contributed by atoms with van der Waals surface area (Å²) in [4.78, 5) is 15.0. The second-order valence-corrected chi connectivity index (χ2v) is 6.83. The van der Waals surface area contributed by atoms with Gasteiger partial charge < -0.3 is 13.9 Å². The van der Waals surface area contributed by atoms with Crippen LogP contribution >= 0.6 is 0 Å². The molecule has 1 aromatic heterocycles. The fraction of sp³-hybridized carbons (Fsp3) is 0.350. The number of hydrogen-bond donors (Lipinski definition) is 0. The monoisotopic (exact) mass is 337 g/mol. The molecule has 0 atom stereocenters. The smallest absolute Gasteiger partial charge is 0.232 e. The maximum atomic E-state index is 12.7. The molecular weight excluding hydrogens is 318 g/mol. The molecule has 1 saturated carbocycles. The summed E-state index contributed by atoms with van der Waals surface area (Å²) < 4.78 is 17.2. The van der Waals surface area contributed by atoms with Gasteiger partial charge in [0.15, 0.2) is 5.76 Å². The van der Waals surface area contributed by atoms with Crippen molar-refractivity contribution in [2.45, 2.75) is 38.3 Å². The van der Waals surface area contributed by atoms with Crippen LogP contribution in [0.3, 0.4) is 0 Å². The fourth-order valence-corrected chi connectivity index (χ4v) is 3.98. The summed E-state index contributed by atoms with van der Waals surface area (Å²) in [6, 6.07) is 7.84. The Morgan fingerprint density at radius 2 is 2.04 bits per heavy atom. The topological polar surface area (TPSA) is 51.9 Å². The van der Waals surface area contributed by atoms with Crippen molar-refractivity contribution in [3.63, 3.8) is 0 Å². The summed E-state index contributed by atoms with van der Waals surface area (Å²) in [6.07, 6.45) is 8.23. The Bertz CT molecular complexity index is 847. The van der Waals surface area contributed by atoms with Crippen molar-refractivity contribution in [3.8, 4) is 11.5 Å². The molecule has 3 aliphatic rings. The number of nitrogens with zero attached hydrogens (tertiary/aromatic N) is 1. The molecule has 0 radical (unpaired) electrons. The van der Waals surface area contributed by atoms with Gasteiger partial charge in [-0.3, -0.25) is 9.69 Å². The van der Waals surface area contributed by atoms with Gasteiger partial charge in [0.1, 0.15) is 24.0 Å². The van der Waals surface area contributed by atoms with Gasteiger partial charge in [-0.15, -0.1) is 0 Å². The number of carbonyl (C=O) groups is 1. The second kappa shape index (κ2) is 5.77. The fourth-order valence-electron chi connectivity index (χ4n) is 3.98. The zero-order chi connectivity index (χ0) is 16.8. The van der Waals surface area contributed by atoms with E-state index in [4.69, 9.17) is 13.9 Å². The molecule has 2 aromatic rings. The predicted octanol–water partition coefficient (Wildman–Crippen LogP) is 3.99. The highest BCUT2D eigenvalue weighted by Crippen LogP contribution is 2.43. The average Bonchev–Trinajstić information content (AvgIpc) is 3.38. The van der Waals surface area contributed by atoms with Crippen LogP contribution in [0, 0.1) is 0 Å². The van der Waals surface area contributed by atoms with Crippen LogP contribution in [0.4, 0.5) is 0 Å². The molecule has 1 aromatic carbocycles. The Morgan fingerprint density at radius 1 is 1.16 bits per heavy atom. The van der Waals surface area contributed by atoms with Crippen LogP contribution in [0.2, 0.25) is 0 Å². The van der Waals surface area contributed by atoms with Crippen LogP contribution in [-0.4, -0.2) is 23.5 Å². The van der Waals surface area contributed by atoms with E-state index in [1.807, 2.05) is 6.07 Å². The SMILES string of the molecule is O=C1/C(=C/c2ccco2)Oc2c1ccc1c2CN(C2CCCC2)CO1. The molecule has 0 saturated heterocycles. The lowest BCUT2D eigenvalue weighted by atomic mass is 10.0. The lowest BCUT2D eigenvalue weighted by Crippen LogP contribution is -2.39. The Hall–Kier alpha value is -2.53. The first kappa shape index (κ1) is 14.8. The Morgan fingerprint density at radius 3 is 2.84 bits per heavy atom. The summed E-state index contributed by atoms with van der Waals surface area (Å²) in [5, 5.41) is 0. The largest absolute Gasteiger partial charge is 0.478 e. The average molecular weight is 337 g/mol. The number of rotatable bonds is 2. The highest BCUT2D eigenvalue weighted by molar-refractivity contribution is 6.14. The van der Waals surface area contributed by atoms with E-state index in [0.29, 0.717) is 35.6 Å². The van der Waals surface area contributed by atoms with E-state index in [0.717, 1.165) is 17.9 Å². The number of fused-ring (bicyclic) bond motifs is 3. The molecule has 0 spiro atoms. The molecule has 25 heavy (non-hydrogen) atoms. The first-order valence-electron chi connectivity index (χ1n) is 8.80. The zero-order valence-corrected chi connectivity index (χ0v) is 13.9. The first-order valence-corrected chi connectivity index (χ1v) is 8.80. The van der Waals surface area contributed by atoms with E-state index in [1.165, 1.54) is 25.7 Å². The molecule has 0 unspecified atom stereocenters. The van der Waals surface area contributed by atoms with Crippen LogP contribution in [0.25, 0.3) is 6.08 Å². The number of furan rings is 1. The van der Waals surface area contributed by atoms with Crippen molar-refractivity contribution >= 4 is 11.9 Å². The summed E-state index contributed by atoms with van der Waals surface area (Å²) >= 11 is 0. The molecule has 3 heterocycles. The third-order valence-electron chi connectivity index (χ3n) is 5.30. The molecule has 5 rings (SSSR count). The minimum absolute atomic E-state index is 0.104. The number of allylic oxidation sites excluding steroid dienone is 1. The van der Waals surface area contributed by atoms with Gasteiger partial charge in [-0.05, 0) is 37.1 Å². The van der Waals surface area contributed by atoms with E-state index < -0.39 is 0 Å². The van der Waals surface area contributed by atoms with Gasteiger partial charge in [0.05, 0.1) is 17.4 Å². The van der Waals surface area contributed by atoms with Crippen LogP contribution in [0.15, 0.2) is 40.7 Å². The molecule has 1 aliphatic carbocycles. The van der Waals surface area contributed by atoms with E-state index in [-0.39, 0.29) is 5.78 Å². The predicted molar refractivity (Wildman–Crippen MR) is 91.4 cm³/mol. The normalized spacial score (nSPS) is 21.9. The van der Waals surface area contributed by atoms with Crippen molar-refractivity contribution in [3.05, 3.63) is 53.2 Å². The number of ether oxygens (including phenoxy) is 2. The van der Waals surface area contributed by atoms with Gasteiger partial charge in [-0.25, -0.2) is 0 Å². The minimum Gasteiger partial charge on any atom is -0.478 e. The van der Waals surface area contributed by atoms with Crippen molar-refractivity contribution in [2.75, 3.05) is 6.73 Å². The number of hydrogen-bond acceptors (Lipinski definition) is 5. The van der Waals surface area contributed by atoms with Crippen molar-refractivity contribution in [1.29, 1.82) is 0 Å². The van der Waals surface area contributed by atoms with E-state index >= 15 is 0 Å². The van der Waals surface area contributed by atoms with Gasteiger partial charge in [-0.2, -0.15) is 0 Å². The third-order valence-corrected chi connectivity index (χ3v) is 5.30. The Labute approximate surface area is 145 Å². The molecule has 0 amide bonds. The molecule has 5 heteroatoms. The lowest BCUT2D eigenvalue weighted by molar-refractivity contribution is 0.0567. The first-order chi connectivity index (χ1) is 12.3. The summed E-state index contributed by atoms with van der Waals surface area (Å²) in [5.41, 5.74) is 1.58. The zero-order valence-electron chi connectivity index (χ0n) is 13.9. The minimum atomic E-state index is -0.104. The van der Waals surface area contributed by atoms with Crippen LogP contribution in [0.1, 0.15) is 47.4 Å². The Balaban J connectivity index is 1.48. The Kier molecular flexibility index (Phi) is 3.41. The highest BCUT2D eigenvalue weighted by atomic mass is 16.5. The summed E-state index contributed by atoms with van der Waals surface area (Å²) in [6.45, 7) is 1.38. The maximum absolute atomic E-state index is 12.7. The van der Waals surface area contributed by atoms with Crippen molar-refractivity contribution in [2.24, 2.45) is 0 Å². The van der Waals surface area contributed by atoms with E-state index in [1.54, 1.807) is 30.5 Å². The number of Topliss-reactive ketones (excluding diaryl/α,β-unsaturated/α-hetero) is 1. The second-order valence-electron chi connectivity index (χ2n) is 6.83. The van der Waals surface area contributed by atoms with Gasteiger partial charge in [-0.1, -0.05) is 12.8 Å². The van der Waals surface area contributed by atoms with E-state index in [2.05, 4.69) is 4.90 Å². The van der Waals surface area contributed by atoms with Crippen LogP contribution in [0.5, 0.6) is 11.5 Å². The van der Waals surface area contributed by atoms with Crippen molar-refractivity contribution < 1.29 is 18.7 Å². The van der Waals surface area contributed by atoms with Gasteiger partial charge in [0, 0.05) is 18.7 Å². The van der Waals surface area contributed by atoms with Gasteiger partial charge in [0.25, 0.3) is 0 Å². The molecule has 1 fully saturated rings. The highest BCUT2D eigenvalue weighted by Gasteiger charge is 2.35. The molecule has 128 valence electrons. The maximum Gasteiger partial charge on any atom is 0.232 e. The lowest BCUT2D eigenvalue weighted by Gasteiger charge is -2.33. The van der Waals surface area contributed by atoms with Crippen LogP contribution < -0.4 is 9.47 Å². The molecule has 2 aliphatic heterocycles. The quantitative estimate of drug-likeness (QED) is 0.776. The van der Waals surface area contributed by atoms with Gasteiger partial charge >= 0.3 is 0 Å². The summed E-state index contributed by atoms with van der Waals surface area (Å²) in [7, 11) is 0. The third kappa shape index (κ3) is 2.46. The number of carbonyl (C=O) groups excluding carboxylic acids is 1.